The molecule has 1 N–H and O–H groups in total. The molecule has 0 amide bonds. The van der Waals surface area contributed by atoms with Crippen molar-refractivity contribution in [3.63, 3.8) is 0 Å². The first-order chi connectivity index (χ1) is 8.36. The number of aliphatic hydroxyl groups excluding tert-OH is 1. The number of aliphatic hydroxyl groups is 1. The third-order valence-corrected chi connectivity index (χ3v) is 3.46. The molecule has 90 valence electrons. The van der Waals surface area contributed by atoms with Crippen molar-refractivity contribution in [2.45, 2.75) is 25.3 Å². The summed E-state index contributed by atoms with van der Waals surface area (Å²) < 4.78 is 0. The van der Waals surface area contributed by atoms with E-state index in [1.165, 1.54) is 17.5 Å². The van der Waals surface area contributed by atoms with Gasteiger partial charge >= 0.3 is 0 Å². The van der Waals surface area contributed by atoms with Crippen LogP contribution in [-0.2, 0) is 6.42 Å². The molecular formula is C15H19NO. The molecule has 1 unspecified atom stereocenters. The van der Waals surface area contributed by atoms with Gasteiger partial charge in [-0.25, -0.2) is 0 Å². The molecule has 1 atom stereocenters. The van der Waals surface area contributed by atoms with Gasteiger partial charge in [-0.3, -0.25) is 4.90 Å². The minimum Gasteiger partial charge on any atom is -0.395 e. The molecule has 0 heterocycles. The first kappa shape index (κ1) is 12.2. The average Bonchev–Trinajstić information content (AvgIpc) is 2.38. The fraction of sp³-hybridized carbons (Fsp3) is 0.467. The van der Waals surface area contributed by atoms with Crippen LogP contribution in [0.2, 0.25) is 0 Å². The maximum absolute atomic E-state index is 9.13. The maximum Gasteiger partial charge on any atom is 0.0605 e. The molecule has 0 saturated carbocycles. The smallest absolute Gasteiger partial charge is 0.0605 e. The molecule has 0 fully saturated rings. The van der Waals surface area contributed by atoms with Crippen LogP contribution >= 0.6 is 0 Å². The number of rotatable bonds is 4. The molecule has 2 heteroatoms. The summed E-state index contributed by atoms with van der Waals surface area (Å²) in [6.07, 6.45) is 8.92. The number of hydrogen-bond acceptors (Lipinski definition) is 2. The van der Waals surface area contributed by atoms with Crippen LogP contribution < -0.4 is 0 Å². The Morgan fingerprint density at radius 1 is 1.41 bits per heavy atom. The summed E-state index contributed by atoms with van der Waals surface area (Å²) in [4.78, 5) is 2.21. The van der Waals surface area contributed by atoms with Gasteiger partial charge in [-0.2, -0.15) is 0 Å². The summed E-state index contributed by atoms with van der Waals surface area (Å²) in [7, 11) is 0. The zero-order valence-electron chi connectivity index (χ0n) is 10.1. The molecule has 1 aromatic rings. The number of fused-ring (bicyclic) bond motifs is 1. The largest absolute Gasteiger partial charge is 0.395 e. The zero-order chi connectivity index (χ0) is 12.1. The van der Waals surface area contributed by atoms with Crippen molar-refractivity contribution in [1.82, 2.24) is 4.90 Å². The Bertz CT molecular complexity index is 408. The highest BCUT2D eigenvalue weighted by Gasteiger charge is 2.24. The van der Waals surface area contributed by atoms with Crippen LogP contribution in [-0.4, -0.2) is 29.7 Å². The Hall–Kier alpha value is -1.30. The van der Waals surface area contributed by atoms with Crippen LogP contribution in [0, 0.1) is 12.3 Å². The highest BCUT2D eigenvalue weighted by atomic mass is 16.3. The molecule has 1 aromatic carbocycles. The van der Waals surface area contributed by atoms with E-state index in [1.54, 1.807) is 0 Å². The van der Waals surface area contributed by atoms with Crippen molar-refractivity contribution in [2.75, 3.05) is 19.7 Å². The van der Waals surface area contributed by atoms with E-state index in [4.69, 9.17) is 11.5 Å². The van der Waals surface area contributed by atoms with Crippen molar-refractivity contribution in [2.24, 2.45) is 0 Å². The van der Waals surface area contributed by atoms with E-state index in [-0.39, 0.29) is 6.61 Å². The predicted octanol–water partition coefficient (Wildman–Crippen LogP) is 1.99. The summed E-state index contributed by atoms with van der Waals surface area (Å²) in [6.45, 7) is 1.43. The number of benzene rings is 1. The first-order valence-corrected chi connectivity index (χ1v) is 6.23. The van der Waals surface area contributed by atoms with Gasteiger partial charge in [0.15, 0.2) is 0 Å². The van der Waals surface area contributed by atoms with Gasteiger partial charge in [0.2, 0.25) is 0 Å². The fourth-order valence-electron chi connectivity index (χ4n) is 2.70. The molecule has 1 aliphatic rings. The van der Waals surface area contributed by atoms with E-state index in [2.05, 4.69) is 35.1 Å². The lowest BCUT2D eigenvalue weighted by Gasteiger charge is -2.34. The quantitative estimate of drug-likeness (QED) is 0.798. The van der Waals surface area contributed by atoms with Crippen LogP contribution in [0.4, 0.5) is 0 Å². The number of aryl methyl sites for hydroxylation is 1. The van der Waals surface area contributed by atoms with Crippen molar-refractivity contribution in [1.29, 1.82) is 0 Å². The van der Waals surface area contributed by atoms with Crippen LogP contribution in [0.15, 0.2) is 24.3 Å². The summed E-state index contributed by atoms with van der Waals surface area (Å²) >= 11 is 0. The molecule has 17 heavy (non-hydrogen) atoms. The minimum atomic E-state index is 0.167. The topological polar surface area (TPSA) is 23.5 Å². The highest BCUT2D eigenvalue weighted by Crippen LogP contribution is 2.33. The Kier molecular flexibility index (Phi) is 4.19. The lowest BCUT2D eigenvalue weighted by atomic mass is 9.87. The molecule has 0 aromatic heterocycles. The number of hydrogen-bond donors (Lipinski definition) is 1. The number of nitrogens with zero attached hydrogens (tertiary/aromatic N) is 1. The van der Waals surface area contributed by atoms with E-state index in [0.717, 1.165) is 12.8 Å². The van der Waals surface area contributed by atoms with Crippen LogP contribution in [0.25, 0.3) is 0 Å². The van der Waals surface area contributed by atoms with Gasteiger partial charge < -0.3 is 5.11 Å². The highest BCUT2D eigenvalue weighted by molar-refractivity contribution is 5.32. The van der Waals surface area contributed by atoms with Gasteiger partial charge in [-0.1, -0.05) is 30.2 Å². The lowest BCUT2D eigenvalue weighted by Crippen LogP contribution is -2.34. The molecule has 1 aliphatic carbocycles. The van der Waals surface area contributed by atoms with E-state index in [9.17, 15) is 0 Å². The summed E-state index contributed by atoms with van der Waals surface area (Å²) in [5.74, 6) is 2.70. The monoisotopic (exact) mass is 229 g/mol. The van der Waals surface area contributed by atoms with Gasteiger partial charge in [-0.05, 0) is 30.4 Å². The van der Waals surface area contributed by atoms with E-state index in [1.807, 2.05) is 0 Å². The Morgan fingerprint density at radius 2 is 2.24 bits per heavy atom. The van der Waals surface area contributed by atoms with Crippen LogP contribution in [0.1, 0.15) is 30.0 Å². The van der Waals surface area contributed by atoms with Crippen molar-refractivity contribution < 1.29 is 5.11 Å². The van der Waals surface area contributed by atoms with E-state index >= 15 is 0 Å². The minimum absolute atomic E-state index is 0.167. The molecular weight excluding hydrogens is 210 g/mol. The normalized spacial score (nSPS) is 18.8. The van der Waals surface area contributed by atoms with E-state index in [0.29, 0.717) is 19.1 Å². The lowest BCUT2D eigenvalue weighted by molar-refractivity contribution is 0.154. The Labute approximate surface area is 103 Å². The molecule has 2 rings (SSSR count). The Morgan fingerprint density at radius 3 is 3.00 bits per heavy atom. The Balaban J connectivity index is 2.24. The molecule has 0 spiro atoms. The van der Waals surface area contributed by atoms with E-state index < -0.39 is 0 Å². The molecule has 0 aliphatic heterocycles. The predicted molar refractivity (Wildman–Crippen MR) is 69.6 cm³/mol. The standard InChI is InChI=1S/C15H19NO/c1-2-10-16(11-12-17)15-9-5-7-13-6-3-4-8-14(13)15/h1,3-4,6,8,15,17H,5,7,9-12H2. The second-order valence-electron chi connectivity index (χ2n) is 4.51. The van der Waals surface area contributed by atoms with Gasteiger partial charge in [0.05, 0.1) is 13.2 Å². The third-order valence-electron chi connectivity index (χ3n) is 3.46. The van der Waals surface area contributed by atoms with Crippen LogP contribution in [0.5, 0.6) is 0 Å². The van der Waals surface area contributed by atoms with Gasteiger partial charge in [0.25, 0.3) is 0 Å². The average molecular weight is 229 g/mol. The van der Waals surface area contributed by atoms with Crippen molar-refractivity contribution in [3.05, 3.63) is 35.4 Å². The summed E-state index contributed by atoms with van der Waals surface area (Å²) in [6, 6.07) is 8.96. The SMILES string of the molecule is C#CCN(CCO)C1CCCc2ccccc21. The van der Waals surface area contributed by atoms with Gasteiger partial charge in [-0.15, -0.1) is 6.42 Å². The molecule has 2 nitrogen and oxygen atoms in total. The maximum atomic E-state index is 9.13. The third kappa shape index (κ3) is 2.69. The van der Waals surface area contributed by atoms with Gasteiger partial charge in [0, 0.05) is 12.6 Å². The second kappa shape index (κ2) is 5.86. The zero-order valence-corrected chi connectivity index (χ0v) is 10.1. The van der Waals surface area contributed by atoms with Crippen molar-refractivity contribution >= 4 is 0 Å². The second-order valence-corrected chi connectivity index (χ2v) is 4.51. The molecule has 0 radical (unpaired) electrons. The van der Waals surface area contributed by atoms with Gasteiger partial charge in [0.1, 0.15) is 0 Å². The summed E-state index contributed by atoms with van der Waals surface area (Å²) in [5, 5.41) is 9.13. The van der Waals surface area contributed by atoms with Crippen molar-refractivity contribution in [3.8, 4) is 12.3 Å². The molecule has 0 bridgehead atoms. The first-order valence-electron chi connectivity index (χ1n) is 6.23. The number of terminal acetylenes is 1. The summed E-state index contributed by atoms with van der Waals surface area (Å²) in [5.41, 5.74) is 2.83. The van der Waals surface area contributed by atoms with Crippen LogP contribution in [0.3, 0.4) is 0 Å². The molecule has 0 saturated heterocycles. The fourth-order valence-corrected chi connectivity index (χ4v) is 2.70.